The molecule has 0 aromatic carbocycles. The Bertz CT molecular complexity index is 1340. The molecule has 22 nitrogen and oxygen atoms in total. The van der Waals surface area contributed by atoms with E-state index in [2.05, 4.69) is 19.9 Å². The number of aromatic nitrogens is 2. The second-order valence-electron chi connectivity index (χ2n) is 10.8. The Morgan fingerprint density at radius 3 is 1.74 bits per heavy atom. The van der Waals surface area contributed by atoms with Gasteiger partial charge in [-0.25, -0.2) is 15.1 Å². The molecule has 2 N–H and O–H groups in total. The summed E-state index contributed by atoms with van der Waals surface area (Å²) in [6.07, 6.45) is 1.45. The minimum atomic E-state index is -4.98. The van der Waals surface area contributed by atoms with Crippen molar-refractivity contribution in [2.24, 2.45) is 12.0 Å². The second kappa shape index (κ2) is 26.7. The molecule has 299 valence electrons. The van der Waals surface area contributed by atoms with Gasteiger partial charge in [0.25, 0.3) is 0 Å². The van der Waals surface area contributed by atoms with Gasteiger partial charge in [-0.05, 0) is 0 Å². The minimum Gasteiger partial charge on any atom is -0.382 e. The Morgan fingerprint density at radius 1 is 0.849 bits per heavy atom. The predicted octanol–water partition coefficient (Wildman–Crippen LogP) is -1.54. The van der Waals surface area contributed by atoms with Crippen LogP contribution in [0, 0.1) is 0 Å². The maximum atomic E-state index is 13.0. The average molecular weight is 794 g/mol. The molecule has 0 unspecified atom stereocenters. The summed E-state index contributed by atoms with van der Waals surface area (Å²) in [6, 6.07) is -2.65. The van der Waals surface area contributed by atoms with Crippen molar-refractivity contribution in [1.29, 1.82) is 0 Å². The fraction of sp³-hybridized carbons (Fsp3) is 0.793. The number of methoxy groups -OCH3 is 1. The van der Waals surface area contributed by atoms with E-state index in [-0.39, 0.29) is 55.2 Å². The average Bonchev–Trinajstić information content (AvgIpc) is 3.62. The molecule has 1 saturated heterocycles. The number of urea groups is 1. The number of rotatable bonds is 29. The summed E-state index contributed by atoms with van der Waals surface area (Å²) >= 11 is 0. The molecule has 0 spiro atoms. The van der Waals surface area contributed by atoms with Crippen LogP contribution in [0.1, 0.15) is 23.3 Å². The van der Waals surface area contributed by atoms with Crippen molar-refractivity contribution in [3.05, 3.63) is 17.5 Å². The molecule has 53 heavy (non-hydrogen) atoms. The Kier molecular flexibility index (Phi) is 23.7. The van der Waals surface area contributed by atoms with Crippen LogP contribution in [0.2, 0.25) is 0 Å². The van der Waals surface area contributed by atoms with E-state index in [1.54, 1.807) is 14.2 Å². The van der Waals surface area contributed by atoms with E-state index >= 15 is 0 Å². The van der Waals surface area contributed by atoms with Crippen LogP contribution in [0.4, 0.5) is 4.79 Å². The van der Waals surface area contributed by atoms with E-state index in [9.17, 15) is 18.0 Å². The van der Waals surface area contributed by atoms with Gasteiger partial charge in [-0.15, -0.1) is 4.28 Å². The van der Waals surface area contributed by atoms with Gasteiger partial charge in [0.05, 0.1) is 124 Å². The third-order valence-electron chi connectivity index (χ3n) is 7.23. The van der Waals surface area contributed by atoms with Crippen LogP contribution in [-0.4, -0.2) is 213 Å². The molecular weight excluding hydrogens is 743 g/mol. The van der Waals surface area contributed by atoms with Crippen molar-refractivity contribution in [1.82, 2.24) is 25.2 Å². The molecule has 2 bridgehead atoms. The smallest absolute Gasteiger partial charge is 0.382 e. The standard InChI is InChI=1S/C29H50N6O16S.Na/c1-30-28(27-26-23(20-31-33(26)2)24-21-34(27)29(37)35(24)51-52(38,39)40)32-50-25(36)22-49-19-18-48-17-16-47-15-14-46-13-12-45-11-10-44-9-8-43-7-6-42-5-4-41-3;/h20,24,27H,4-19,21-22H2,1-3H3,(H,30,32)(H,38,39,40);/t24-,27-;/m0./s1. The number of fused-ring (bicyclic) bond motifs is 4. The van der Waals surface area contributed by atoms with Gasteiger partial charge < -0.3 is 52.4 Å². The maximum Gasteiger partial charge on any atom is 0.418 e. The van der Waals surface area contributed by atoms with Crippen molar-refractivity contribution in [2.45, 2.75) is 12.1 Å². The Balaban J connectivity index is 0.00000972. The van der Waals surface area contributed by atoms with Gasteiger partial charge in [-0.3, -0.25) is 14.2 Å². The summed E-state index contributed by atoms with van der Waals surface area (Å²) in [7, 11) is -0.322. The molecule has 1 radical (unpaired) electrons. The zero-order valence-electron chi connectivity index (χ0n) is 30.7. The first-order valence-corrected chi connectivity index (χ1v) is 17.9. The van der Waals surface area contributed by atoms with Crippen LogP contribution in [0.3, 0.4) is 0 Å². The fourth-order valence-electron chi connectivity index (χ4n) is 4.90. The normalized spacial score (nSPS) is 16.9. The van der Waals surface area contributed by atoms with Gasteiger partial charge in [0, 0.05) is 56.3 Å². The number of carbonyl (C=O) groups excluding carboxylic acids is 2. The molecule has 1 fully saturated rings. The number of amidine groups is 1. The quantitative estimate of drug-likeness (QED) is 0.0233. The van der Waals surface area contributed by atoms with Crippen LogP contribution < -0.4 is 5.48 Å². The first kappa shape index (κ1) is 47.1. The van der Waals surface area contributed by atoms with Crippen LogP contribution in [0.25, 0.3) is 0 Å². The van der Waals surface area contributed by atoms with Crippen molar-refractivity contribution >= 4 is 57.8 Å². The number of aryl methyl sites for hydroxylation is 1. The molecule has 1 aromatic rings. The van der Waals surface area contributed by atoms with E-state index in [4.69, 9.17) is 52.0 Å². The Morgan fingerprint density at radius 2 is 1.30 bits per heavy atom. The zero-order valence-corrected chi connectivity index (χ0v) is 33.5. The zero-order chi connectivity index (χ0) is 37.6. The van der Waals surface area contributed by atoms with Crippen molar-refractivity contribution < 1.29 is 74.3 Å². The van der Waals surface area contributed by atoms with E-state index in [1.807, 2.05) is 0 Å². The van der Waals surface area contributed by atoms with Crippen LogP contribution >= 0.6 is 0 Å². The van der Waals surface area contributed by atoms with Crippen molar-refractivity contribution in [3.8, 4) is 0 Å². The number of hydrogen-bond acceptors (Lipinski definition) is 17. The third kappa shape index (κ3) is 17.1. The molecule has 2 atom stereocenters. The summed E-state index contributed by atoms with van der Waals surface area (Å²) in [6.45, 7) is 6.37. The summed E-state index contributed by atoms with van der Waals surface area (Å²) in [5.41, 5.74) is 3.39. The van der Waals surface area contributed by atoms with E-state index < -0.39 is 41.1 Å². The van der Waals surface area contributed by atoms with Gasteiger partial charge in [-0.2, -0.15) is 18.6 Å². The first-order chi connectivity index (χ1) is 25.2. The van der Waals surface area contributed by atoms with Crippen LogP contribution in [0.15, 0.2) is 11.2 Å². The van der Waals surface area contributed by atoms with E-state index in [1.165, 1.54) is 22.8 Å². The number of amides is 2. The molecule has 24 heteroatoms. The third-order valence-corrected chi connectivity index (χ3v) is 7.58. The summed E-state index contributed by atoms with van der Waals surface area (Å²) in [4.78, 5) is 35.8. The summed E-state index contributed by atoms with van der Waals surface area (Å²) in [5, 5.41) is 4.74. The number of aliphatic imine (C=N–C) groups is 1. The first-order valence-electron chi connectivity index (χ1n) is 16.5. The van der Waals surface area contributed by atoms with Gasteiger partial charge in [0.15, 0.2) is 5.84 Å². The molecule has 0 saturated carbocycles. The van der Waals surface area contributed by atoms with Crippen molar-refractivity contribution in [2.75, 3.05) is 133 Å². The van der Waals surface area contributed by atoms with Crippen molar-refractivity contribution in [3.63, 3.8) is 0 Å². The van der Waals surface area contributed by atoms with Crippen LogP contribution in [0.5, 0.6) is 0 Å². The Labute approximate surface area is 330 Å². The van der Waals surface area contributed by atoms with E-state index in [0.29, 0.717) is 109 Å². The molecular formula is C29H50N6NaO16S. The largest absolute Gasteiger partial charge is 0.418 e. The fourth-order valence-corrected chi connectivity index (χ4v) is 5.27. The number of nitrogens with one attached hydrogen (secondary N) is 1. The van der Waals surface area contributed by atoms with Crippen LogP contribution in [-0.2, 0) is 74.0 Å². The van der Waals surface area contributed by atoms with E-state index in [0.717, 1.165) is 0 Å². The number of ether oxygens (including phenoxy) is 9. The number of hydroxylamine groups is 3. The predicted molar refractivity (Wildman–Crippen MR) is 182 cm³/mol. The van der Waals surface area contributed by atoms with Gasteiger partial charge in [-0.1, -0.05) is 0 Å². The molecule has 3 rings (SSSR count). The maximum absolute atomic E-state index is 13.0. The number of carbonyl (C=O) groups is 2. The summed E-state index contributed by atoms with van der Waals surface area (Å²) in [5.74, 6) is -0.722. The molecule has 2 aliphatic heterocycles. The molecule has 2 amide bonds. The Hall–Kier alpha value is -2.07. The number of hydrogen-bond donors (Lipinski definition) is 2. The topological polar surface area (TPSA) is 239 Å². The van der Waals surface area contributed by atoms with Gasteiger partial charge >= 0.3 is 22.4 Å². The minimum absolute atomic E-state index is 0. The molecule has 2 aliphatic rings. The second-order valence-corrected chi connectivity index (χ2v) is 11.8. The molecule has 3 heterocycles. The molecule has 0 aliphatic carbocycles. The van der Waals surface area contributed by atoms with Gasteiger partial charge in [0.2, 0.25) is 0 Å². The van der Waals surface area contributed by atoms with Gasteiger partial charge in [0.1, 0.15) is 18.7 Å². The monoisotopic (exact) mass is 793 g/mol. The summed E-state index contributed by atoms with van der Waals surface area (Å²) < 4.78 is 85.9. The SMILES string of the molecule is CN=C(NOC(=O)COCCOCCOCCOCCOCCOCCOCCOCCOC)[C@@H]1c2c(cnn2C)[C@@H]2CN1C(=O)N2OS(=O)(=O)O.[Na]. The number of nitrogens with zero attached hydrogens (tertiary/aromatic N) is 5. The molecule has 1 aromatic heterocycles.